The second-order valence-electron chi connectivity index (χ2n) is 16.7. The van der Waals surface area contributed by atoms with Gasteiger partial charge in [-0.2, -0.15) is 0 Å². The van der Waals surface area contributed by atoms with Crippen LogP contribution in [0, 0.1) is 71.0 Å². The molecular weight excluding hydrogens is 873 g/mol. The maximum absolute atomic E-state index is 11.2. The summed E-state index contributed by atoms with van der Waals surface area (Å²) in [5.41, 5.74) is 13.3. The molecule has 0 radical (unpaired) electrons. The standard InChI is InChI=1S/C70H38O2/c71-49-61-21-9-19-57(47-61)33-31-53-13-5-11-51(43-53)27-29-55-15-7-17-59(45-55)35-37-65-41-39-63-23-1-3-25-67(63)69(65)70-66(42-40-64-24-2-4-26-68(64)70)38-36-60-18-8-16-56(46-60)30-28-52-12-6-14-54(44-52)32-34-58-20-10-22-62(48-58)50-72/h1-26,39-50H. The highest BCUT2D eigenvalue weighted by molar-refractivity contribution is 6.09. The molecule has 72 heavy (non-hydrogen) atoms. The summed E-state index contributed by atoms with van der Waals surface area (Å²) in [6.07, 6.45) is 1.65. The molecule has 0 aliphatic rings. The first-order chi connectivity index (χ1) is 35.5. The summed E-state index contributed by atoms with van der Waals surface area (Å²) in [5, 5.41) is 4.39. The summed E-state index contributed by atoms with van der Waals surface area (Å²) in [6, 6.07) is 71.5. The predicted octanol–water partition coefficient (Wildman–Crippen LogP) is 13.7. The summed E-state index contributed by atoms with van der Waals surface area (Å²) < 4.78 is 0. The maximum atomic E-state index is 11.2. The lowest BCUT2D eigenvalue weighted by Crippen LogP contribution is -1.93. The Balaban J connectivity index is 0.957. The van der Waals surface area contributed by atoms with Crippen LogP contribution in [0.2, 0.25) is 0 Å². The van der Waals surface area contributed by atoms with Crippen molar-refractivity contribution in [1.82, 2.24) is 0 Å². The van der Waals surface area contributed by atoms with Crippen molar-refractivity contribution in [2.45, 2.75) is 0 Å². The zero-order valence-electron chi connectivity index (χ0n) is 38.8. The molecule has 10 rings (SSSR count). The van der Waals surface area contributed by atoms with Gasteiger partial charge >= 0.3 is 0 Å². The lowest BCUT2D eigenvalue weighted by atomic mass is 9.87. The first-order valence-electron chi connectivity index (χ1n) is 23.2. The van der Waals surface area contributed by atoms with Crippen molar-refractivity contribution in [3.63, 3.8) is 0 Å². The molecule has 0 bridgehead atoms. The number of rotatable bonds is 3. The van der Waals surface area contributed by atoms with E-state index in [-0.39, 0.29) is 0 Å². The molecule has 0 fully saturated rings. The first kappa shape index (κ1) is 45.2. The monoisotopic (exact) mass is 910 g/mol. The van der Waals surface area contributed by atoms with E-state index in [1.165, 1.54) is 0 Å². The Morgan fingerprint density at radius 3 is 0.806 bits per heavy atom. The molecule has 2 nitrogen and oxygen atoms in total. The second kappa shape index (κ2) is 21.6. The Bertz CT molecular complexity index is 3920. The minimum Gasteiger partial charge on any atom is -0.298 e. The Labute approximate surface area is 420 Å². The molecule has 2 heteroatoms. The minimum absolute atomic E-state index is 0.595. The summed E-state index contributed by atoms with van der Waals surface area (Å²) in [7, 11) is 0. The van der Waals surface area contributed by atoms with Crippen molar-refractivity contribution in [2.24, 2.45) is 0 Å². The highest BCUT2D eigenvalue weighted by Crippen LogP contribution is 2.39. The Morgan fingerprint density at radius 1 is 0.236 bits per heavy atom. The van der Waals surface area contributed by atoms with Crippen LogP contribution in [0.5, 0.6) is 0 Å². The van der Waals surface area contributed by atoms with Crippen LogP contribution in [0.3, 0.4) is 0 Å². The van der Waals surface area contributed by atoms with Gasteiger partial charge in [-0.3, -0.25) is 9.59 Å². The molecule has 0 saturated heterocycles. The van der Waals surface area contributed by atoms with Gasteiger partial charge in [0, 0.05) is 89.0 Å². The van der Waals surface area contributed by atoms with E-state index in [1.54, 1.807) is 24.3 Å². The number of carbonyl (C=O) groups excluding carboxylic acids is 2. The fourth-order valence-electron chi connectivity index (χ4n) is 8.22. The van der Waals surface area contributed by atoms with Crippen LogP contribution in [0.1, 0.15) is 87.5 Å². The number of hydrogen-bond acceptors (Lipinski definition) is 2. The third-order valence-electron chi connectivity index (χ3n) is 11.7. The Kier molecular flexibility index (Phi) is 13.6. The van der Waals surface area contributed by atoms with E-state index in [0.29, 0.717) is 11.1 Å². The van der Waals surface area contributed by atoms with E-state index in [1.807, 2.05) is 121 Å². The Morgan fingerprint density at radius 2 is 0.500 bits per heavy atom. The van der Waals surface area contributed by atoms with Crippen LogP contribution in [-0.4, -0.2) is 12.6 Å². The normalized spacial score (nSPS) is 9.94. The van der Waals surface area contributed by atoms with Crippen LogP contribution in [0.25, 0.3) is 32.7 Å². The van der Waals surface area contributed by atoms with E-state index in [2.05, 4.69) is 144 Å². The quantitative estimate of drug-likeness (QED) is 0.131. The molecule has 0 spiro atoms. The second-order valence-corrected chi connectivity index (χ2v) is 16.7. The van der Waals surface area contributed by atoms with Crippen LogP contribution in [0.4, 0.5) is 0 Å². The van der Waals surface area contributed by atoms with Gasteiger partial charge in [-0.15, -0.1) is 0 Å². The summed E-state index contributed by atoms with van der Waals surface area (Å²) >= 11 is 0. The molecule has 0 aliphatic heterocycles. The van der Waals surface area contributed by atoms with Crippen LogP contribution >= 0.6 is 0 Å². The van der Waals surface area contributed by atoms with E-state index in [0.717, 1.165) is 112 Å². The lowest BCUT2D eigenvalue weighted by molar-refractivity contribution is 0.111. The van der Waals surface area contributed by atoms with Gasteiger partial charge in [-0.25, -0.2) is 0 Å². The Hall–Kier alpha value is -10.6. The summed E-state index contributed by atoms with van der Waals surface area (Å²) in [6.45, 7) is 0. The molecule has 0 amide bonds. The molecule has 10 aromatic rings. The highest BCUT2D eigenvalue weighted by atomic mass is 16.1. The molecule has 0 heterocycles. The van der Waals surface area contributed by atoms with Crippen molar-refractivity contribution >= 4 is 34.1 Å². The van der Waals surface area contributed by atoms with Crippen molar-refractivity contribution in [3.8, 4) is 82.2 Å². The molecule has 0 N–H and O–H groups in total. The molecule has 0 aliphatic carbocycles. The van der Waals surface area contributed by atoms with E-state index in [4.69, 9.17) is 0 Å². The van der Waals surface area contributed by atoms with Gasteiger partial charge in [-0.05, 0) is 131 Å². The number of benzene rings is 10. The van der Waals surface area contributed by atoms with Gasteiger partial charge in [-0.1, -0.05) is 180 Å². The van der Waals surface area contributed by atoms with Gasteiger partial charge in [0.05, 0.1) is 0 Å². The zero-order valence-corrected chi connectivity index (χ0v) is 38.8. The largest absolute Gasteiger partial charge is 0.298 e. The van der Waals surface area contributed by atoms with Crippen molar-refractivity contribution in [1.29, 1.82) is 0 Å². The van der Waals surface area contributed by atoms with E-state index < -0.39 is 0 Å². The maximum Gasteiger partial charge on any atom is 0.150 e. The molecule has 0 aromatic heterocycles. The molecule has 0 atom stereocenters. The van der Waals surface area contributed by atoms with Crippen LogP contribution in [-0.2, 0) is 0 Å². The number of hydrogen-bond donors (Lipinski definition) is 0. The molecule has 10 aromatic carbocycles. The van der Waals surface area contributed by atoms with Crippen molar-refractivity contribution < 1.29 is 9.59 Å². The van der Waals surface area contributed by atoms with Crippen LogP contribution in [0.15, 0.2) is 218 Å². The smallest absolute Gasteiger partial charge is 0.150 e. The van der Waals surface area contributed by atoms with Crippen molar-refractivity contribution in [2.75, 3.05) is 0 Å². The van der Waals surface area contributed by atoms with E-state index in [9.17, 15) is 9.59 Å². The van der Waals surface area contributed by atoms with Gasteiger partial charge in [0.1, 0.15) is 12.6 Å². The third kappa shape index (κ3) is 11.1. The average Bonchev–Trinajstić information content (AvgIpc) is 3.44. The minimum atomic E-state index is 0.595. The summed E-state index contributed by atoms with van der Waals surface area (Å²) in [4.78, 5) is 22.4. The third-order valence-corrected chi connectivity index (χ3v) is 11.7. The first-order valence-corrected chi connectivity index (χ1v) is 23.2. The van der Waals surface area contributed by atoms with E-state index >= 15 is 0 Å². The van der Waals surface area contributed by atoms with Gasteiger partial charge < -0.3 is 0 Å². The molecular formula is C70H38O2. The molecule has 0 unspecified atom stereocenters. The number of fused-ring (bicyclic) bond motifs is 2. The zero-order chi connectivity index (χ0) is 48.9. The topological polar surface area (TPSA) is 34.1 Å². The number of carbonyl (C=O) groups is 2. The van der Waals surface area contributed by atoms with Gasteiger partial charge in [0.25, 0.3) is 0 Å². The molecule has 0 saturated carbocycles. The van der Waals surface area contributed by atoms with Gasteiger partial charge in [0.15, 0.2) is 0 Å². The predicted molar refractivity (Wildman–Crippen MR) is 292 cm³/mol. The van der Waals surface area contributed by atoms with Crippen LogP contribution < -0.4 is 0 Å². The lowest BCUT2D eigenvalue weighted by Gasteiger charge is -2.15. The fraction of sp³-hybridized carbons (Fsp3) is 0. The molecule has 330 valence electrons. The SMILES string of the molecule is O=Cc1cccc(C#Cc2cccc(C#Cc3cccc(C#Cc4ccc5ccccc5c4-c4c(C#Cc5cccc(C#Cc6cccc(C#Cc7cccc(C=O)c7)c6)c5)ccc5ccccc45)c3)c2)c1. The highest BCUT2D eigenvalue weighted by Gasteiger charge is 2.16. The fourth-order valence-corrected chi connectivity index (χ4v) is 8.22. The average molecular weight is 911 g/mol. The van der Waals surface area contributed by atoms with Gasteiger partial charge in [0.2, 0.25) is 0 Å². The summed E-state index contributed by atoms with van der Waals surface area (Å²) in [5.74, 6) is 40.0. The number of aldehydes is 2. The van der Waals surface area contributed by atoms with Crippen molar-refractivity contribution in [3.05, 3.63) is 296 Å².